The average Bonchev–Trinajstić information content (AvgIpc) is 2.57. The molecule has 0 amide bonds. The molecule has 1 rings (SSSR count). The number of hydrogen-bond acceptors (Lipinski definition) is 5. The number of aromatic nitrogens is 2. The maximum Gasteiger partial charge on any atom is 0.215 e. The monoisotopic (exact) mass is 289 g/mol. The molecular formula is C11H23N5O2S. The van der Waals surface area contributed by atoms with E-state index in [0.717, 1.165) is 18.7 Å². The molecule has 0 aliphatic heterocycles. The highest BCUT2D eigenvalue weighted by atomic mass is 32.2. The van der Waals surface area contributed by atoms with E-state index in [1.54, 1.807) is 4.68 Å². The number of sulfonamides is 1. The molecule has 8 heteroatoms. The van der Waals surface area contributed by atoms with Crippen LogP contribution in [0.3, 0.4) is 0 Å². The van der Waals surface area contributed by atoms with Crippen molar-refractivity contribution in [1.29, 1.82) is 0 Å². The van der Waals surface area contributed by atoms with E-state index in [1.807, 2.05) is 13.8 Å². The molecule has 110 valence electrons. The molecule has 1 heterocycles. The van der Waals surface area contributed by atoms with Crippen LogP contribution < -0.4 is 11.1 Å². The quantitative estimate of drug-likeness (QED) is 0.762. The van der Waals surface area contributed by atoms with E-state index in [4.69, 9.17) is 5.73 Å². The Labute approximate surface area is 114 Å². The van der Waals surface area contributed by atoms with Crippen LogP contribution >= 0.6 is 0 Å². The number of nitrogens with two attached hydrogens (primary N) is 1. The normalized spacial score (nSPS) is 12.1. The summed E-state index contributed by atoms with van der Waals surface area (Å²) in [5.41, 5.74) is 7.27. The lowest BCUT2D eigenvalue weighted by atomic mass is 10.4. The fourth-order valence-electron chi connectivity index (χ4n) is 1.64. The zero-order valence-corrected chi connectivity index (χ0v) is 12.8. The summed E-state index contributed by atoms with van der Waals surface area (Å²) in [5, 5.41) is 7.39. The van der Waals surface area contributed by atoms with Crippen molar-refractivity contribution in [3.8, 4) is 0 Å². The van der Waals surface area contributed by atoms with Crippen LogP contribution in [0.5, 0.6) is 0 Å². The summed E-state index contributed by atoms with van der Waals surface area (Å²) >= 11 is 0. The first-order valence-corrected chi connectivity index (χ1v) is 7.87. The van der Waals surface area contributed by atoms with Crippen LogP contribution in [0.4, 0.5) is 11.5 Å². The molecule has 0 saturated heterocycles. The van der Waals surface area contributed by atoms with Gasteiger partial charge in [0.15, 0.2) is 0 Å². The molecule has 0 fully saturated rings. The summed E-state index contributed by atoms with van der Waals surface area (Å²) < 4.78 is 26.3. The van der Waals surface area contributed by atoms with Crippen molar-refractivity contribution < 1.29 is 8.42 Å². The summed E-state index contributed by atoms with van der Waals surface area (Å²) in [4.78, 5) is 0. The third-order valence-corrected chi connectivity index (χ3v) is 4.65. The van der Waals surface area contributed by atoms with E-state index >= 15 is 0 Å². The Morgan fingerprint density at radius 3 is 2.58 bits per heavy atom. The van der Waals surface area contributed by atoms with Gasteiger partial charge in [0.1, 0.15) is 5.82 Å². The van der Waals surface area contributed by atoms with Crippen molar-refractivity contribution in [1.82, 2.24) is 14.1 Å². The fraction of sp³-hybridized carbons (Fsp3) is 0.727. The van der Waals surface area contributed by atoms with Gasteiger partial charge in [0.05, 0.1) is 17.1 Å². The highest BCUT2D eigenvalue weighted by molar-refractivity contribution is 7.89. The van der Waals surface area contributed by atoms with Gasteiger partial charge in [0, 0.05) is 27.2 Å². The van der Waals surface area contributed by atoms with Crippen LogP contribution in [0.15, 0.2) is 0 Å². The Hall–Kier alpha value is -1.28. The summed E-state index contributed by atoms with van der Waals surface area (Å²) in [7, 11) is -0.153. The van der Waals surface area contributed by atoms with Crippen LogP contribution in [-0.2, 0) is 16.6 Å². The van der Waals surface area contributed by atoms with Crippen LogP contribution in [0, 0.1) is 6.92 Å². The molecular weight excluding hydrogens is 266 g/mol. The highest BCUT2D eigenvalue weighted by Crippen LogP contribution is 2.22. The van der Waals surface area contributed by atoms with Crippen molar-refractivity contribution >= 4 is 21.5 Å². The Kier molecular flexibility index (Phi) is 5.19. The number of nitrogens with one attached hydrogen (secondary N) is 1. The molecule has 0 aliphatic carbocycles. The van der Waals surface area contributed by atoms with E-state index in [0.29, 0.717) is 18.1 Å². The van der Waals surface area contributed by atoms with E-state index in [1.165, 1.54) is 18.4 Å². The maximum atomic E-state index is 11.7. The molecule has 3 N–H and O–H groups in total. The molecule has 7 nitrogen and oxygen atoms in total. The maximum absolute atomic E-state index is 11.7. The van der Waals surface area contributed by atoms with Gasteiger partial charge in [-0.25, -0.2) is 17.4 Å². The molecule has 0 atom stereocenters. The average molecular weight is 289 g/mol. The first-order chi connectivity index (χ1) is 8.79. The van der Waals surface area contributed by atoms with Gasteiger partial charge < -0.3 is 11.1 Å². The molecule has 0 saturated carbocycles. The van der Waals surface area contributed by atoms with Crippen molar-refractivity contribution in [2.45, 2.75) is 26.8 Å². The van der Waals surface area contributed by atoms with Gasteiger partial charge in [-0.1, -0.05) is 6.92 Å². The van der Waals surface area contributed by atoms with E-state index in [-0.39, 0.29) is 5.75 Å². The molecule has 0 spiro atoms. The summed E-state index contributed by atoms with van der Waals surface area (Å²) in [6.45, 7) is 4.94. The zero-order chi connectivity index (χ0) is 14.6. The van der Waals surface area contributed by atoms with E-state index in [2.05, 4.69) is 10.4 Å². The lowest BCUT2D eigenvalue weighted by Crippen LogP contribution is -2.29. The van der Waals surface area contributed by atoms with Crippen molar-refractivity contribution in [3.63, 3.8) is 0 Å². The van der Waals surface area contributed by atoms with Gasteiger partial charge in [-0.3, -0.25) is 0 Å². The zero-order valence-electron chi connectivity index (χ0n) is 12.0. The second-order valence-corrected chi connectivity index (χ2v) is 6.90. The van der Waals surface area contributed by atoms with Gasteiger partial charge in [-0.15, -0.1) is 0 Å². The number of rotatable bonds is 7. The lowest BCUT2D eigenvalue weighted by Gasteiger charge is -2.13. The molecule has 1 aromatic heterocycles. The first-order valence-electron chi connectivity index (χ1n) is 6.26. The number of anilines is 2. The summed E-state index contributed by atoms with van der Waals surface area (Å²) in [6, 6.07) is 0. The van der Waals surface area contributed by atoms with Gasteiger partial charge in [-0.2, -0.15) is 5.10 Å². The smallest absolute Gasteiger partial charge is 0.215 e. The molecule has 0 bridgehead atoms. The SMILES string of the molecule is CCCn1nc(C)c(N)c1NCCS(=O)(=O)N(C)C. The van der Waals surface area contributed by atoms with E-state index in [9.17, 15) is 8.42 Å². The second kappa shape index (κ2) is 6.25. The Morgan fingerprint density at radius 1 is 1.42 bits per heavy atom. The number of nitrogens with zero attached hydrogens (tertiary/aromatic N) is 3. The van der Waals surface area contributed by atoms with Gasteiger partial charge in [-0.05, 0) is 13.3 Å². The third-order valence-electron chi connectivity index (χ3n) is 2.82. The van der Waals surface area contributed by atoms with Crippen molar-refractivity contribution in [2.75, 3.05) is 37.4 Å². The Bertz CT molecular complexity index is 521. The number of hydrogen-bond donors (Lipinski definition) is 2. The highest BCUT2D eigenvalue weighted by Gasteiger charge is 2.15. The third kappa shape index (κ3) is 3.84. The first kappa shape index (κ1) is 15.8. The minimum absolute atomic E-state index is 0.0236. The van der Waals surface area contributed by atoms with Gasteiger partial charge in [0.2, 0.25) is 10.0 Å². The minimum Gasteiger partial charge on any atom is -0.394 e. The van der Waals surface area contributed by atoms with Crippen molar-refractivity contribution in [3.05, 3.63) is 5.69 Å². The molecule has 19 heavy (non-hydrogen) atoms. The second-order valence-electron chi connectivity index (χ2n) is 4.60. The summed E-state index contributed by atoms with van der Waals surface area (Å²) in [5.74, 6) is 0.726. The predicted molar refractivity (Wildman–Crippen MR) is 77.6 cm³/mol. The Morgan fingerprint density at radius 2 is 2.05 bits per heavy atom. The van der Waals surface area contributed by atoms with Crippen LogP contribution in [-0.4, -0.2) is 48.9 Å². The largest absolute Gasteiger partial charge is 0.394 e. The molecule has 0 aliphatic rings. The van der Waals surface area contributed by atoms with Crippen LogP contribution in [0.1, 0.15) is 19.0 Å². The number of nitrogen functional groups attached to an aromatic ring is 1. The van der Waals surface area contributed by atoms with E-state index < -0.39 is 10.0 Å². The van der Waals surface area contributed by atoms with Gasteiger partial charge in [0.25, 0.3) is 0 Å². The molecule has 1 aromatic rings. The Balaban J connectivity index is 2.73. The molecule has 0 unspecified atom stereocenters. The van der Waals surface area contributed by atoms with Crippen molar-refractivity contribution in [2.24, 2.45) is 0 Å². The van der Waals surface area contributed by atoms with Gasteiger partial charge >= 0.3 is 0 Å². The number of aryl methyl sites for hydroxylation is 2. The topological polar surface area (TPSA) is 93.2 Å². The molecule has 0 aromatic carbocycles. The minimum atomic E-state index is -3.20. The lowest BCUT2D eigenvalue weighted by molar-refractivity contribution is 0.521. The van der Waals surface area contributed by atoms with Crippen LogP contribution in [0.25, 0.3) is 0 Å². The molecule has 0 radical (unpaired) electrons. The summed E-state index contributed by atoms with van der Waals surface area (Å²) in [6.07, 6.45) is 0.936. The predicted octanol–water partition coefficient (Wildman–Crippen LogP) is 0.487. The van der Waals surface area contributed by atoms with Crippen LogP contribution in [0.2, 0.25) is 0 Å². The standard InChI is InChI=1S/C11H23N5O2S/c1-5-7-16-11(10(12)9(2)14-16)13-6-8-19(17,18)15(3)4/h13H,5-8,12H2,1-4H3. The fourth-order valence-corrected chi connectivity index (χ4v) is 2.36.